The first kappa shape index (κ1) is 18.2. The summed E-state index contributed by atoms with van der Waals surface area (Å²) in [5.41, 5.74) is 0. The van der Waals surface area contributed by atoms with Crippen LogP contribution in [0.15, 0.2) is 0 Å². The van der Waals surface area contributed by atoms with Gasteiger partial charge in [0, 0.05) is 12.1 Å². The Morgan fingerprint density at radius 1 is 1.22 bits per heavy atom. The van der Waals surface area contributed by atoms with Crippen LogP contribution in [0.1, 0.15) is 45.4 Å². The Labute approximate surface area is 137 Å². The fraction of sp³-hybridized carbons (Fsp3) is 0.867. The van der Waals surface area contributed by atoms with Crippen molar-refractivity contribution < 1.29 is 23.1 Å². The van der Waals surface area contributed by atoms with Gasteiger partial charge in [-0.15, -0.1) is 0 Å². The predicted octanol–water partition coefficient (Wildman–Crippen LogP) is 0.398. The lowest BCUT2D eigenvalue weighted by molar-refractivity contribution is -0.139. The van der Waals surface area contributed by atoms with Crippen LogP contribution in [0.25, 0.3) is 0 Å². The highest BCUT2D eigenvalue weighted by molar-refractivity contribution is 7.92. The molecule has 0 bridgehead atoms. The van der Waals surface area contributed by atoms with E-state index in [-0.39, 0.29) is 23.9 Å². The number of nitrogens with one attached hydrogen (secondary N) is 1. The molecule has 0 heterocycles. The summed E-state index contributed by atoms with van der Waals surface area (Å²) in [6.45, 7) is 2.55. The lowest BCUT2D eigenvalue weighted by Gasteiger charge is -2.42. The lowest BCUT2D eigenvalue weighted by Crippen LogP contribution is -2.55. The Hall–Kier alpha value is -1.15. The summed E-state index contributed by atoms with van der Waals surface area (Å²) in [5, 5.41) is 11.3. The van der Waals surface area contributed by atoms with Gasteiger partial charge in [0.2, 0.25) is 5.91 Å². The van der Waals surface area contributed by atoms with Gasteiger partial charge in [-0.1, -0.05) is 19.8 Å². The largest absolute Gasteiger partial charge is 0.480 e. The van der Waals surface area contributed by atoms with Gasteiger partial charge in [0.05, 0.1) is 11.8 Å². The second kappa shape index (κ2) is 7.61. The summed E-state index contributed by atoms with van der Waals surface area (Å²) in [7, 11) is -3.34. The summed E-state index contributed by atoms with van der Waals surface area (Å²) >= 11 is 0. The van der Waals surface area contributed by atoms with Crippen molar-refractivity contribution in [3.8, 4) is 0 Å². The highest BCUT2D eigenvalue weighted by atomic mass is 32.2. The molecule has 2 fully saturated rings. The average Bonchev–Trinajstić information content (AvgIpc) is 2.94. The minimum Gasteiger partial charge on any atom is -0.480 e. The van der Waals surface area contributed by atoms with Crippen molar-refractivity contribution in [2.24, 2.45) is 0 Å². The minimum atomic E-state index is -3.34. The van der Waals surface area contributed by atoms with Crippen molar-refractivity contribution in [3.05, 3.63) is 0 Å². The maximum atomic E-state index is 12.1. The molecule has 23 heavy (non-hydrogen) atoms. The lowest BCUT2D eigenvalue weighted by atomic mass is 9.85. The van der Waals surface area contributed by atoms with Crippen molar-refractivity contribution in [2.45, 2.75) is 62.8 Å². The summed E-state index contributed by atoms with van der Waals surface area (Å²) < 4.78 is 24.3. The van der Waals surface area contributed by atoms with Crippen LogP contribution >= 0.6 is 0 Å². The van der Waals surface area contributed by atoms with Gasteiger partial charge in [0.25, 0.3) is 0 Å². The van der Waals surface area contributed by atoms with Crippen LogP contribution in [-0.2, 0) is 19.4 Å². The van der Waals surface area contributed by atoms with Crippen molar-refractivity contribution in [2.75, 3.05) is 18.8 Å². The average molecular weight is 346 g/mol. The molecule has 2 N–H and O–H groups in total. The number of aliphatic carboxylic acids is 1. The van der Waals surface area contributed by atoms with Crippen LogP contribution in [-0.4, -0.2) is 66.5 Å². The van der Waals surface area contributed by atoms with E-state index >= 15 is 0 Å². The number of amides is 1. The zero-order valence-corrected chi connectivity index (χ0v) is 14.3. The van der Waals surface area contributed by atoms with Gasteiger partial charge in [0.1, 0.15) is 5.75 Å². The van der Waals surface area contributed by atoms with E-state index in [1.54, 1.807) is 0 Å². The number of carboxylic acid groups (broad SMARTS) is 1. The van der Waals surface area contributed by atoms with Crippen LogP contribution < -0.4 is 5.32 Å². The molecule has 0 atom stereocenters. The Bertz CT molecular complexity index is 536. The second-order valence-electron chi connectivity index (χ2n) is 6.56. The Balaban J connectivity index is 1.74. The van der Waals surface area contributed by atoms with Gasteiger partial charge in [0.15, 0.2) is 9.84 Å². The molecule has 1 amide bonds. The molecular weight excluding hydrogens is 320 g/mol. The van der Waals surface area contributed by atoms with E-state index < -0.39 is 27.5 Å². The van der Waals surface area contributed by atoms with E-state index in [0.717, 1.165) is 12.8 Å². The Morgan fingerprint density at radius 3 is 2.35 bits per heavy atom. The van der Waals surface area contributed by atoms with Gasteiger partial charge in [-0.05, 0) is 32.2 Å². The predicted molar refractivity (Wildman–Crippen MR) is 85.9 cm³/mol. The molecule has 2 aliphatic carbocycles. The van der Waals surface area contributed by atoms with E-state index in [0.29, 0.717) is 32.2 Å². The van der Waals surface area contributed by atoms with Crippen molar-refractivity contribution in [1.29, 1.82) is 0 Å². The highest BCUT2D eigenvalue weighted by Gasteiger charge is 2.36. The molecule has 2 saturated carbocycles. The van der Waals surface area contributed by atoms with Crippen LogP contribution in [0.3, 0.4) is 0 Å². The van der Waals surface area contributed by atoms with Crippen LogP contribution in [0.2, 0.25) is 0 Å². The smallest absolute Gasteiger partial charge is 0.317 e. The molecule has 132 valence electrons. The molecule has 0 aromatic carbocycles. The van der Waals surface area contributed by atoms with Crippen LogP contribution in [0, 0.1) is 0 Å². The van der Waals surface area contributed by atoms with Crippen LogP contribution in [0.5, 0.6) is 0 Å². The standard InChI is InChI=1S/C15H26N2O5S/c1-2-17(9-15(19)20)12-7-11(8-12)16-14(18)10-23(21,22)13-5-3-4-6-13/h11-13H,2-10H2,1H3,(H,16,18)(H,19,20). The third-order valence-electron chi connectivity index (χ3n) is 4.88. The maximum absolute atomic E-state index is 12.1. The molecule has 0 aromatic heterocycles. The number of nitrogens with zero attached hydrogens (tertiary/aromatic N) is 1. The van der Waals surface area contributed by atoms with Gasteiger partial charge in [-0.25, -0.2) is 8.42 Å². The van der Waals surface area contributed by atoms with Crippen LogP contribution in [0.4, 0.5) is 0 Å². The van der Waals surface area contributed by atoms with E-state index in [9.17, 15) is 18.0 Å². The first-order valence-electron chi connectivity index (χ1n) is 8.28. The fourth-order valence-corrected chi connectivity index (χ4v) is 5.23. The number of hydrogen-bond acceptors (Lipinski definition) is 5. The Morgan fingerprint density at radius 2 is 1.83 bits per heavy atom. The normalized spacial score (nSPS) is 25.3. The number of carbonyl (C=O) groups is 2. The molecule has 0 radical (unpaired) electrons. The van der Waals surface area contributed by atoms with Crippen molar-refractivity contribution >= 4 is 21.7 Å². The molecule has 2 rings (SSSR count). The number of rotatable bonds is 8. The highest BCUT2D eigenvalue weighted by Crippen LogP contribution is 2.27. The molecule has 8 heteroatoms. The molecule has 7 nitrogen and oxygen atoms in total. The first-order chi connectivity index (χ1) is 10.8. The summed E-state index contributed by atoms with van der Waals surface area (Å²) in [6, 6.07) is 0.0990. The zero-order valence-electron chi connectivity index (χ0n) is 13.5. The van der Waals surface area contributed by atoms with Crippen molar-refractivity contribution in [3.63, 3.8) is 0 Å². The molecule has 0 aromatic rings. The molecule has 0 unspecified atom stereocenters. The quantitative estimate of drug-likeness (QED) is 0.659. The molecule has 0 aliphatic heterocycles. The fourth-order valence-electron chi connectivity index (χ4n) is 3.49. The van der Waals surface area contributed by atoms with E-state index in [1.807, 2.05) is 11.8 Å². The number of hydrogen-bond donors (Lipinski definition) is 2. The first-order valence-corrected chi connectivity index (χ1v) is 10.00. The van der Waals surface area contributed by atoms with E-state index in [1.165, 1.54) is 0 Å². The van der Waals surface area contributed by atoms with Gasteiger partial charge >= 0.3 is 5.97 Å². The minimum absolute atomic E-state index is 0.00209. The van der Waals surface area contributed by atoms with E-state index in [2.05, 4.69) is 5.32 Å². The number of carbonyl (C=O) groups excluding carboxylic acids is 1. The molecule has 0 saturated heterocycles. The monoisotopic (exact) mass is 346 g/mol. The van der Waals surface area contributed by atoms with E-state index in [4.69, 9.17) is 5.11 Å². The topological polar surface area (TPSA) is 104 Å². The maximum Gasteiger partial charge on any atom is 0.317 e. The number of likely N-dealkylation sites (N-methyl/N-ethyl adjacent to an activating group) is 1. The number of carboxylic acids is 1. The number of sulfone groups is 1. The molecule has 0 spiro atoms. The third kappa shape index (κ3) is 4.91. The summed E-state index contributed by atoms with van der Waals surface area (Å²) in [5.74, 6) is -1.71. The van der Waals surface area contributed by atoms with Gasteiger partial charge in [-0.2, -0.15) is 0 Å². The summed E-state index contributed by atoms with van der Waals surface area (Å²) in [6.07, 6.45) is 4.54. The van der Waals surface area contributed by atoms with Gasteiger partial charge in [-0.3, -0.25) is 14.5 Å². The SMILES string of the molecule is CCN(CC(=O)O)C1CC(NC(=O)CS(=O)(=O)C2CCCC2)C1. The molecule has 2 aliphatic rings. The third-order valence-corrected chi connectivity index (χ3v) is 7.03. The summed E-state index contributed by atoms with van der Waals surface area (Å²) in [4.78, 5) is 24.6. The van der Waals surface area contributed by atoms with Crippen molar-refractivity contribution in [1.82, 2.24) is 10.2 Å². The molecular formula is C15H26N2O5S. The zero-order chi connectivity index (χ0) is 17.0. The second-order valence-corrected chi connectivity index (χ2v) is 8.84. The Kier molecular flexibility index (Phi) is 6.02. The van der Waals surface area contributed by atoms with Gasteiger partial charge < -0.3 is 10.4 Å².